The highest BCUT2D eigenvalue weighted by molar-refractivity contribution is 6.31. The molecule has 30 heavy (non-hydrogen) atoms. The van der Waals surface area contributed by atoms with Crippen LogP contribution in [0.5, 0.6) is 5.75 Å². The maximum absolute atomic E-state index is 13.0. The first kappa shape index (κ1) is 21.7. The van der Waals surface area contributed by atoms with E-state index in [9.17, 15) is 18.8 Å². The third kappa shape index (κ3) is 5.14. The van der Waals surface area contributed by atoms with E-state index in [1.807, 2.05) is 5.43 Å². The molecule has 0 aromatic heterocycles. The highest BCUT2D eigenvalue weighted by Gasteiger charge is 2.28. The van der Waals surface area contributed by atoms with Crippen molar-refractivity contribution < 1.29 is 23.5 Å². The molecular formula is C21H21ClFN3O4. The molecule has 3 rings (SSSR count). The summed E-state index contributed by atoms with van der Waals surface area (Å²) < 4.78 is 18.6. The molecule has 2 amide bonds. The number of hydrogen-bond acceptors (Lipinski definition) is 5. The molecule has 1 aliphatic heterocycles. The Labute approximate surface area is 177 Å². The number of likely N-dealkylation sites (tertiary alicyclic amines) is 1. The fourth-order valence-corrected chi connectivity index (χ4v) is 3.53. The Morgan fingerprint density at radius 2 is 1.80 bits per heavy atom. The van der Waals surface area contributed by atoms with Crippen LogP contribution < -0.4 is 16.0 Å². The molecule has 2 aromatic rings. The number of ether oxygens (including phenoxy) is 1. The van der Waals surface area contributed by atoms with Crippen molar-refractivity contribution in [3.63, 3.8) is 0 Å². The number of amides is 2. The standard InChI is InChI=1S/C21H21ClFN3O4/c22-15-3-6-18(17(11-15)21(29)25-24)30-12-19(27)26-9-7-14(8-10-26)20(28)13-1-4-16(23)5-2-13/h1-6,11,14H,7-10,12,24H2,(H,25,29). The lowest BCUT2D eigenvalue weighted by molar-refractivity contribution is -0.134. The number of piperidine rings is 1. The molecule has 0 unspecified atom stereocenters. The number of hydrazine groups is 1. The minimum atomic E-state index is -0.583. The Bertz CT molecular complexity index is 944. The van der Waals surface area contributed by atoms with Gasteiger partial charge in [-0.05, 0) is 55.3 Å². The lowest BCUT2D eigenvalue weighted by Crippen LogP contribution is -2.42. The highest BCUT2D eigenvalue weighted by Crippen LogP contribution is 2.24. The van der Waals surface area contributed by atoms with Crippen LogP contribution in [0.25, 0.3) is 0 Å². The van der Waals surface area contributed by atoms with E-state index in [0.717, 1.165) is 0 Å². The molecule has 9 heteroatoms. The number of ketones is 1. The maximum atomic E-state index is 13.0. The average Bonchev–Trinajstić information content (AvgIpc) is 2.77. The number of hydrogen-bond donors (Lipinski definition) is 2. The number of carbonyl (C=O) groups excluding carboxylic acids is 3. The molecule has 0 saturated carbocycles. The molecule has 1 saturated heterocycles. The van der Waals surface area contributed by atoms with E-state index < -0.39 is 5.91 Å². The van der Waals surface area contributed by atoms with Crippen LogP contribution in [0.4, 0.5) is 4.39 Å². The molecular weight excluding hydrogens is 413 g/mol. The van der Waals surface area contributed by atoms with Crippen LogP contribution in [0.3, 0.4) is 0 Å². The molecule has 0 aliphatic carbocycles. The highest BCUT2D eigenvalue weighted by atomic mass is 35.5. The van der Waals surface area contributed by atoms with Crippen LogP contribution in [-0.2, 0) is 4.79 Å². The lowest BCUT2D eigenvalue weighted by atomic mass is 9.89. The normalized spacial score (nSPS) is 14.3. The monoisotopic (exact) mass is 433 g/mol. The number of benzene rings is 2. The Balaban J connectivity index is 1.54. The zero-order valence-corrected chi connectivity index (χ0v) is 16.8. The minimum Gasteiger partial charge on any atom is -0.483 e. The van der Waals surface area contributed by atoms with Crippen molar-refractivity contribution in [2.75, 3.05) is 19.7 Å². The van der Waals surface area contributed by atoms with Gasteiger partial charge in [0, 0.05) is 29.6 Å². The van der Waals surface area contributed by atoms with Crippen molar-refractivity contribution >= 4 is 29.2 Å². The van der Waals surface area contributed by atoms with Crippen LogP contribution in [0.15, 0.2) is 42.5 Å². The lowest BCUT2D eigenvalue weighted by Gasteiger charge is -2.31. The smallest absolute Gasteiger partial charge is 0.268 e. The molecule has 0 radical (unpaired) electrons. The van der Waals surface area contributed by atoms with Gasteiger partial charge in [-0.2, -0.15) is 0 Å². The molecule has 7 nitrogen and oxygen atoms in total. The molecule has 2 aromatic carbocycles. The summed E-state index contributed by atoms with van der Waals surface area (Å²) in [6.07, 6.45) is 1.04. The third-order valence-corrected chi connectivity index (χ3v) is 5.25. The summed E-state index contributed by atoms with van der Waals surface area (Å²) in [7, 11) is 0. The van der Waals surface area contributed by atoms with E-state index in [1.54, 1.807) is 11.0 Å². The quantitative estimate of drug-likeness (QED) is 0.315. The van der Waals surface area contributed by atoms with Crippen molar-refractivity contribution in [2.24, 2.45) is 11.8 Å². The van der Waals surface area contributed by atoms with Gasteiger partial charge in [0.1, 0.15) is 11.6 Å². The van der Waals surface area contributed by atoms with Crippen LogP contribution >= 0.6 is 11.6 Å². The fraction of sp³-hybridized carbons (Fsp3) is 0.286. The summed E-state index contributed by atoms with van der Waals surface area (Å²) in [6.45, 7) is 0.566. The van der Waals surface area contributed by atoms with Crippen LogP contribution in [0.1, 0.15) is 33.6 Å². The number of rotatable bonds is 6. The van der Waals surface area contributed by atoms with Gasteiger partial charge in [-0.15, -0.1) is 0 Å². The van der Waals surface area contributed by atoms with Crippen molar-refractivity contribution in [1.29, 1.82) is 0 Å². The topological polar surface area (TPSA) is 102 Å². The molecule has 1 heterocycles. The van der Waals surface area contributed by atoms with E-state index in [4.69, 9.17) is 22.2 Å². The predicted octanol–water partition coefficient (Wildman–Crippen LogP) is 2.58. The number of halogens is 2. The zero-order chi connectivity index (χ0) is 21.7. The largest absolute Gasteiger partial charge is 0.483 e. The van der Waals surface area contributed by atoms with Crippen molar-refractivity contribution in [1.82, 2.24) is 10.3 Å². The van der Waals surface area contributed by atoms with Crippen LogP contribution in [0.2, 0.25) is 5.02 Å². The third-order valence-electron chi connectivity index (χ3n) is 5.02. The van der Waals surface area contributed by atoms with Crippen molar-refractivity contribution in [2.45, 2.75) is 12.8 Å². The second kappa shape index (κ2) is 9.69. The first-order valence-corrected chi connectivity index (χ1v) is 9.77. The molecule has 1 fully saturated rings. The zero-order valence-electron chi connectivity index (χ0n) is 16.1. The van der Waals surface area contributed by atoms with Gasteiger partial charge in [0.2, 0.25) is 0 Å². The Morgan fingerprint density at radius 1 is 1.13 bits per heavy atom. The molecule has 0 atom stereocenters. The number of nitrogen functional groups attached to an aromatic ring is 1. The van der Waals surface area contributed by atoms with Gasteiger partial charge in [0.25, 0.3) is 11.8 Å². The van der Waals surface area contributed by atoms with Gasteiger partial charge >= 0.3 is 0 Å². The summed E-state index contributed by atoms with van der Waals surface area (Å²) in [5.74, 6) is 3.87. The summed E-state index contributed by atoms with van der Waals surface area (Å²) in [5.41, 5.74) is 2.60. The van der Waals surface area contributed by atoms with E-state index >= 15 is 0 Å². The summed E-state index contributed by atoms with van der Waals surface area (Å²) in [4.78, 5) is 38.5. The molecule has 3 N–H and O–H groups in total. The summed E-state index contributed by atoms with van der Waals surface area (Å²) >= 11 is 5.90. The number of nitrogens with two attached hydrogens (primary N) is 1. The molecule has 158 valence electrons. The number of Topliss-reactive ketones (excluding diaryl/α,β-unsaturated/α-hetero) is 1. The Hall–Kier alpha value is -2.97. The van der Waals surface area contributed by atoms with Gasteiger partial charge in [-0.25, -0.2) is 10.2 Å². The van der Waals surface area contributed by atoms with Gasteiger partial charge < -0.3 is 9.64 Å². The van der Waals surface area contributed by atoms with Gasteiger partial charge in [0.05, 0.1) is 5.56 Å². The summed E-state index contributed by atoms with van der Waals surface area (Å²) in [6, 6.07) is 9.91. The molecule has 1 aliphatic rings. The maximum Gasteiger partial charge on any atom is 0.268 e. The molecule has 0 bridgehead atoms. The van der Waals surface area contributed by atoms with Gasteiger partial charge in [0.15, 0.2) is 12.4 Å². The van der Waals surface area contributed by atoms with E-state index in [0.29, 0.717) is 36.5 Å². The second-order valence-electron chi connectivity index (χ2n) is 6.93. The second-order valence-corrected chi connectivity index (χ2v) is 7.37. The van der Waals surface area contributed by atoms with Crippen LogP contribution in [-0.4, -0.2) is 42.2 Å². The first-order valence-electron chi connectivity index (χ1n) is 9.40. The number of nitrogens with one attached hydrogen (secondary N) is 1. The fourth-order valence-electron chi connectivity index (χ4n) is 3.35. The van der Waals surface area contributed by atoms with Crippen LogP contribution in [0, 0.1) is 11.7 Å². The first-order chi connectivity index (χ1) is 14.4. The van der Waals surface area contributed by atoms with E-state index in [-0.39, 0.29) is 41.3 Å². The van der Waals surface area contributed by atoms with E-state index in [1.165, 1.54) is 36.4 Å². The SMILES string of the molecule is NNC(=O)c1cc(Cl)ccc1OCC(=O)N1CCC(C(=O)c2ccc(F)cc2)CC1. The van der Waals surface area contributed by atoms with E-state index in [2.05, 4.69) is 0 Å². The number of carbonyl (C=O) groups is 3. The van der Waals surface area contributed by atoms with Crippen molar-refractivity contribution in [3.8, 4) is 5.75 Å². The Kier molecular flexibility index (Phi) is 7.02. The average molecular weight is 434 g/mol. The number of nitrogens with zero attached hydrogens (tertiary/aromatic N) is 1. The minimum absolute atomic E-state index is 0.0445. The summed E-state index contributed by atoms with van der Waals surface area (Å²) in [5, 5.41) is 0.333. The predicted molar refractivity (Wildman–Crippen MR) is 109 cm³/mol. The Morgan fingerprint density at radius 3 is 2.43 bits per heavy atom. The van der Waals surface area contributed by atoms with Gasteiger partial charge in [-0.3, -0.25) is 19.8 Å². The van der Waals surface area contributed by atoms with Gasteiger partial charge in [-0.1, -0.05) is 11.6 Å². The molecule has 0 spiro atoms. The van der Waals surface area contributed by atoms with Crippen molar-refractivity contribution in [3.05, 3.63) is 64.4 Å².